The minimum absolute atomic E-state index is 0.0618. The van der Waals surface area contributed by atoms with Gasteiger partial charge in [0.05, 0.1) is 19.5 Å². The van der Waals surface area contributed by atoms with Crippen molar-refractivity contribution in [2.24, 2.45) is 0 Å². The Kier molecular flexibility index (Phi) is 5.05. The molecule has 124 valence electrons. The highest BCUT2D eigenvalue weighted by Gasteiger charge is 2.27. The summed E-state index contributed by atoms with van der Waals surface area (Å²) in [5.74, 6) is -0.636. The van der Waals surface area contributed by atoms with Crippen LogP contribution in [-0.2, 0) is 11.3 Å². The summed E-state index contributed by atoms with van der Waals surface area (Å²) in [5.41, 5.74) is 0.436. The van der Waals surface area contributed by atoms with Crippen molar-refractivity contribution in [3.05, 3.63) is 59.6 Å². The molecule has 0 saturated carbocycles. The molecule has 1 aromatic heterocycles. The van der Waals surface area contributed by atoms with Crippen LogP contribution in [0.1, 0.15) is 23.8 Å². The molecule has 2 heterocycles. The number of hydrogen-bond donors (Lipinski definition) is 1. The summed E-state index contributed by atoms with van der Waals surface area (Å²) in [6, 6.07) is 6.99. The van der Waals surface area contributed by atoms with Crippen LogP contribution >= 0.6 is 0 Å². The number of benzene rings is 1. The Morgan fingerprint density at radius 3 is 2.91 bits per heavy atom. The van der Waals surface area contributed by atoms with Gasteiger partial charge in [-0.05, 0) is 24.6 Å². The fourth-order valence-corrected chi connectivity index (χ4v) is 2.84. The second-order valence-electron chi connectivity index (χ2n) is 5.70. The third-order valence-electron chi connectivity index (χ3n) is 4.10. The van der Waals surface area contributed by atoms with Gasteiger partial charge in [0.2, 0.25) is 0 Å². The first kappa shape index (κ1) is 16.1. The normalized spacial score (nSPS) is 20.6. The molecule has 2 unspecified atom stereocenters. The van der Waals surface area contributed by atoms with E-state index in [1.807, 2.05) is 4.90 Å². The van der Waals surface area contributed by atoms with Gasteiger partial charge in [0.15, 0.2) is 0 Å². The lowest BCUT2D eigenvalue weighted by Gasteiger charge is -2.36. The molecule has 2 aromatic rings. The standard InChI is InChI=1S/C17H19F2NO3/c18-13-4-3-12(15(19)8-13)10-20-5-7-22-11-14(20)9-16(21)17-2-1-6-23-17/h1-4,6,8,14,16,21H,5,7,9-11H2. The van der Waals surface area contributed by atoms with Gasteiger partial charge in [0, 0.05) is 30.8 Å². The van der Waals surface area contributed by atoms with E-state index in [2.05, 4.69) is 0 Å². The maximum atomic E-state index is 13.9. The average molecular weight is 323 g/mol. The molecule has 1 aliphatic rings. The second-order valence-corrected chi connectivity index (χ2v) is 5.70. The number of nitrogens with zero attached hydrogens (tertiary/aromatic N) is 1. The van der Waals surface area contributed by atoms with Crippen molar-refractivity contribution in [2.45, 2.75) is 25.1 Å². The summed E-state index contributed by atoms with van der Waals surface area (Å²) >= 11 is 0. The first-order valence-corrected chi connectivity index (χ1v) is 7.60. The highest BCUT2D eigenvalue weighted by Crippen LogP contribution is 2.24. The average Bonchev–Trinajstić information content (AvgIpc) is 3.06. The molecule has 0 radical (unpaired) electrons. The fraction of sp³-hybridized carbons (Fsp3) is 0.412. The Bertz CT molecular complexity index is 633. The zero-order valence-electron chi connectivity index (χ0n) is 12.6. The Morgan fingerprint density at radius 1 is 1.30 bits per heavy atom. The molecule has 1 aliphatic heterocycles. The van der Waals surface area contributed by atoms with E-state index in [4.69, 9.17) is 9.15 Å². The van der Waals surface area contributed by atoms with Gasteiger partial charge in [0.25, 0.3) is 0 Å². The summed E-state index contributed by atoms with van der Waals surface area (Å²) in [4.78, 5) is 2.05. The Morgan fingerprint density at radius 2 is 2.17 bits per heavy atom. The van der Waals surface area contributed by atoms with Gasteiger partial charge in [-0.25, -0.2) is 8.78 Å². The van der Waals surface area contributed by atoms with Crippen molar-refractivity contribution in [1.82, 2.24) is 4.90 Å². The Labute approximate surface area is 133 Å². The summed E-state index contributed by atoms with van der Waals surface area (Å²) in [7, 11) is 0. The Hall–Kier alpha value is -1.76. The largest absolute Gasteiger partial charge is 0.467 e. The molecule has 1 saturated heterocycles. The first-order chi connectivity index (χ1) is 11.1. The molecule has 6 heteroatoms. The van der Waals surface area contributed by atoms with Gasteiger partial charge in [0.1, 0.15) is 23.5 Å². The van der Waals surface area contributed by atoms with E-state index in [0.29, 0.717) is 44.0 Å². The topological polar surface area (TPSA) is 45.8 Å². The van der Waals surface area contributed by atoms with Crippen LogP contribution in [0.5, 0.6) is 0 Å². The van der Waals surface area contributed by atoms with Crippen molar-refractivity contribution < 1.29 is 23.0 Å². The fourth-order valence-electron chi connectivity index (χ4n) is 2.84. The van der Waals surface area contributed by atoms with Gasteiger partial charge in [-0.2, -0.15) is 0 Å². The van der Waals surface area contributed by atoms with Crippen molar-refractivity contribution in [3.63, 3.8) is 0 Å². The summed E-state index contributed by atoms with van der Waals surface area (Å²) in [5, 5.41) is 10.2. The SMILES string of the molecule is OC(CC1COCCN1Cc1ccc(F)cc1F)c1ccco1. The predicted molar refractivity (Wildman–Crippen MR) is 79.7 cm³/mol. The van der Waals surface area contributed by atoms with E-state index in [9.17, 15) is 13.9 Å². The van der Waals surface area contributed by atoms with E-state index >= 15 is 0 Å². The van der Waals surface area contributed by atoms with E-state index in [-0.39, 0.29) is 6.04 Å². The van der Waals surface area contributed by atoms with Crippen LogP contribution in [-0.4, -0.2) is 35.8 Å². The quantitative estimate of drug-likeness (QED) is 0.919. The molecule has 0 amide bonds. The van der Waals surface area contributed by atoms with E-state index in [0.717, 1.165) is 6.07 Å². The number of ether oxygens (including phenoxy) is 1. The summed E-state index contributed by atoms with van der Waals surface area (Å²) < 4.78 is 37.6. The monoisotopic (exact) mass is 323 g/mol. The van der Waals surface area contributed by atoms with Gasteiger partial charge in [-0.1, -0.05) is 6.07 Å². The first-order valence-electron chi connectivity index (χ1n) is 7.60. The van der Waals surface area contributed by atoms with Crippen molar-refractivity contribution >= 4 is 0 Å². The van der Waals surface area contributed by atoms with E-state index in [1.165, 1.54) is 18.4 Å². The summed E-state index contributed by atoms with van der Waals surface area (Å²) in [6.45, 7) is 1.99. The molecular weight excluding hydrogens is 304 g/mol. The number of rotatable bonds is 5. The zero-order chi connectivity index (χ0) is 16.2. The smallest absolute Gasteiger partial charge is 0.132 e. The molecule has 23 heavy (non-hydrogen) atoms. The lowest BCUT2D eigenvalue weighted by Crippen LogP contribution is -2.45. The molecular formula is C17H19F2NO3. The molecule has 2 atom stereocenters. The molecule has 0 spiro atoms. The van der Waals surface area contributed by atoms with Gasteiger partial charge in [-0.3, -0.25) is 4.90 Å². The van der Waals surface area contributed by atoms with Crippen LogP contribution in [0.2, 0.25) is 0 Å². The molecule has 0 bridgehead atoms. The number of halogens is 2. The number of hydrogen-bond acceptors (Lipinski definition) is 4. The molecule has 1 fully saturated rings. The third kappa shape index (κ3) is 3.96. The maximum absolute atomic E-state index is 13.9. The van der Waals surface area contributed by atoms with Crippen LogP contribution in [0, 0.1) is 11.6 Å². The molecule has 4 nitrogen and oxygen atoms in total. The van der Waals surface area contributed by atoms with Crippen molar-refractivity contribution in [3.8, 4) is 0 Å². The van der Waals surface area contributed by atoms with Crippen molar-refractivity contribution in [2.75, 3.05) is 19.8 Å². The zero-order valence-corrected chi connectivity index (χ0v) is 12.6. The lowest BCUT2D eigenvalue weighted by atomic mass is 10.0. The molecule has 3 rings (SSSR count). The predicted octanol–water partition coefficient (Wildman–Crippen LogP) is 2.88. The minimum Gasteiger partial charge on any atom is -0.467 e. The van der Waals surface area contributed by atoms with Crippen LogP contribution in [0.4, 0.5) is 8.78 Å². The van der Waals surface area contributed by atoms with E-state index in [1.54, 1.807) is 12.1 Å². The number of furan rings is 1. The van der Waals surface area contributed by atoms with Crippen LogP contribution < -0.4 is 0 Å². The number of aliphatic hydroxyl groups excluding tert-OH is 1. The third-order valence-corrected chi connectivity index (χ3v) is 4.10. The van der Waals surface area contributed by atoms with E-state index < -0.39 is 17.7 Å². The van der Waals surface area contributed by atoms with Crippen molar-refractivity contribution in [1.29, 1.82) is 0 Å². The highest BCUT2D eigenvalue weighted by atomic mass is 19.1. The van der Waals surface area contributed by atoms with Crippen LogP contribution in [0.3, 0.4) is 0 Å². The van der Waals surface area contributed by atoms with Crippen LogP contribution in [0.25, 0.3) is 0 Å². The lowest BCUT2D eigenvalue weighted by molar-refractivity contribution is -0.0326. The molecule has 0 aliphatic carbocycles. The Balaban J connectivity index is 1.68. The second kappa shape index (κ2) is 7.21. The highest BCUT2D eigenvalue weighted by molar-refractivity contribution is 5.18. The molecule has 1 aromatic carbocycles. The molecule has 1 N–H and O–H groups in total. The van der Waals surface area contributed by atoms with Gasteiger partial charge < -0.3 is 14.3 Å². The number of aliphatic hydroxyl groups is 1. The number of morpholine rings is 1. The van der Waals surface area contributed by atoms with Gasteiger partial charge in [-0.15, -0.1) is 0 Å². The van der Waals surface area contributed by atoms with Crippen LogP contribution in [0.15, 0.2) is 41.0 Å². The minimum atomic E-state index is -0.739. The maximum Gasteiger partial charge on any atom is 0.132 e. The van der Waals surface area contributed by atoms with Gasteiger partial charge >= 0.3 is 0 Å². The summed E-state index contributed by atoms with van der Waals surface area (Å²) in [6.07, 6.45) is 1.20.